The van der Waals surface area contributed by atoms with Crippen LogP contribution in [0.3, 0.4) is 0 Å². The number of carboxylic acid groups (broad SMARTS) is 1. The van der Waals surface area contributed by atoms with Crippen molar-refractivity contribution in [2.24, 2.45) is 5.92 Å². The Hall–Kier alpha value is -1.42. The molecule has 0 aliphatic heterocycles. The molecule has 1 aliphatic rings. The minimum Gasteiger partial charge on any atom is -0.481 e. The first kappa shape index (κ1) is 15.0. The van der Waals surface area contributed by atoms with E-state index in [4.69, 9.17) is 5.11 Å². The van der Waals surface area contributed by atoms with Crippen molar-refractivity contribution in [1.82, 2.24) is 0 Å². The van der Waals surface area contributed by atoms with E-state index in [-0.39, 0.29) is 17.6 Å². The first-order valence-corrected chi connectivity index (χ1v) is 7.18. The van der Waals surface area contributed by atoms with Gasteiger partial charge in [-0.1, -0.05) is 25.0 Å². The van der Waals surface area contributed by atoms with Crippen molar-refractivity contribution < 1.29 is 19.4 Å². The third-order valence-electron chi connectivity index (χ3n) is 4.27. The highest BCUT2D eigenvalue weighted by molar-refractivity contribution is 5.75. The van der Waals surface area contributed by atoms with Crippen LogP contribution in [-0.4, -0.2) is 22.3 Å². The molecule has 2 rings (SSSR count). The molecule has 1 unspecified atom stereocenters. The number of aliphatic hydroxyl groups is 1. The van der Waals surface area contributed by atoms with Crippen LogP contribution >= 0.6 is 0 Å². The van der Waals surface area contributed by atoms with Crippen molar-refractivity contribution in [3.63, 3.8) is 0 Å². The van der Waals surface area contributed by atoms with Crippen molar-refractivity contribution in [2.45, 2.75) is 51.0 Å². The van der Waals surface area contributed by atoms with Crippen LogP contribution in [0.5, 0.6) is 0 Å². The first-order chi connectivity index (χ1) is 9.49. The zero-order valence-electron chi connectivity index (χ0n) is 11.7. The van der Waals surface area contributed by atoms with E-state index in [1.54, 1.807) is 12.1 Å². The van der Waals surface area contributed by atoms with Gasteiger partial charge in [0, 0.05) is 5.56 Å². The van der Waals surface area contributed by atoms with Gasteiger partial charge in [0.25, 0.3) is 0 Å². The van der Waals surface area contributed by atoms with Crippen LogP contribution in [0.1, 0.15) is 49.7 Å². The van der Waals surface area contributed by atoms with Gasteiger partial charge in [0.2, 0.25) is 0 Å². The van der Waals surface area contributed by atoms with Gasteiger partial charge in [-0.2, -0.15) is 0 Å². The Labute approximate surface area is 118 Å². The number of hydrogen-bond donors (Lipinski definition) is 2. The lowest BCUT2D eigenvalue weighted by atomic mass is 9.82. The zero-order chi connectivity index (χ0) is 14.7. The van der Waals surface area contributed by atoms with Crippen molar-refractivity contribution in [1.29, 1.82) is 0 Å². The Morgan fingerprint density at radius 3 is 2.70 bits per heavy atom. The number of hydrogen-bond acceptors (Lipinski definition) is 2. The summed E-state index contributed by atoms with van der Waals surface area (Å²) < 4.78 is 14.0. The largest absolute Gasteiger partial charge is 0.481 e. The van der Waals surface area contributed by atoms with Gasteiger partial charge in [-0.3, -0.25) is 4.79 Å². The quantitative estimate of drug-likeness (QED) is 0.891. The summed E-state index contributed by atoms with van der Waals surface area (Å²) in [7, 11) is 0. The van der Waals surface area contributed by atoms with Gasteiger partial charge in [0.15, 0.2) is 0 Å². The number of aliphatic hydroxyl groups excluding tert-OH is 1. The molecule has 0 spiro atoms. The molecule has 4 heteroatoms. The zero-order valence-corrected chi connectivity index (χ0v) is 11.7. The molecule has 0 amide bonds. The van der Waals surface area contributed by atoms with Crippen LogP contribution in [0.4, 0.5) is 4.39 Å². The summed E-state index contributed by atoms with van der Waals surface area (Å²) in [5, 5.41) is 18.9. The van der Waals surface area contributed by atoms with E-state index in [1.165, 1.54) is 13.0 Å². The van der Waals surface area contributed by atoms with Crippen LogP contribution in [0, 0.1) is 11.7 Å². The third kappa shape index (κ3) is 3.37. The minimum absolute atomic E-state index is 0.186. The molecule has 1 saturated carbocycles. The molecule has 20 heavy (non-hydrogen) atoms. The van der Waals surface area contributed by atoms with Crippen LogP contribution in [0.15, 0.2) is 18.2 Å². The second-order valence-electron chi connectivity index (χ2n) is 5.73. The molecule has 1 fully saturated rings. The molecule has 2 N–H and O–H groups in total. The van der Waals surface area contributed by atoms with Gasteiger partial charge in [-0.25, -0.2) is 4.39 Å². The maximum absolute atomic E-state index is 14.0. The van der Waals surface area contributed by atoms with Gasteiger partial charge in [-0.15, -0.1) is 0 Å². The fourth-order valence-corrected chi connectivity index (χ4v) is 2.91. The molecule has 3 nitrogen and oxygen atoms in total. The molecule has 1 aliphatic carbocycles. The normalized spacial score (nSPS) is 24.4. The standard InChI is InChI=1S/C16H21FO3/c1-10(16(19)20)13-7-6-11(9-14(13)17)8-12-4-2-3-5-15(12)18/h6-7,9-10,12,15,18H,2-5,8H2,1H3,(H,19,20)/t10?,12-,15+/m1/s1. The van der Waals surface area contributed by atoms with E-state index in [0.29, 0.717) is 6.42 Å². The third-order valence-corrected chi connectivity index (χ3v) is 4.27. The summed E-state index contributed by atoms with van der Waals surface area (Å²) in [4.78, 5) is 10.9. The maximum Gasteiger partial charge on any atom is 0.310 e. The Morgan fingerprint density at radius 2 is 2.10 bits per heavy atom. The molecule has 0 bridgehead atoms. The molecule has 0 aromatic heterocycles. The van der Waals surface area contributed by atoms with Crippen molar-refractivity contribution >= 4 is 5.97 Å². The molecule has 3 atom stereocenters. The fourth-order valence-electron chi connectivity index (χ4n) is 2.91. The van der Waals surface area contributed by atoms with Crippen LogP contribution in [0.2, 0.25) is 0 Å². The van der Waals surface area contributed by atoms with Crippen molar-refractivity contribution in [3.8, 4) is 0 Å². The summed E-state index contributed by atoms with van der Waals surface area (Å²) in [6.45, 7) is 1.48. The average molecular weight is 280 g/mol. The summed E-state index contributed by atoms with van der Waals surface area (Å²) in [5.41, 5.74) is 1.04. The average Bonchev–Trinajstić information content (AvgIpc) is 2.41. The molecular weight excluding hydrogens is 259 g/mol. The van der Waals surface area contributed by atoms with Crippen LogP contribution < -0.4 is 0 Å². The second-order valence-corrected chi connectivity index (χ2v) is 5.73. The molecule has 0 heterocycles. The predicted octanol–water partition coefficient (Wildman–Crippen LogP) is 3.11. The first-order valence-electron chi connectivity index (χ1n) is 7.18. The van der Waals surface area contributed by atoms with Crippen molar-refractivity contribution in [2.75, 3.05) is 0 Å². The number of carboxylic acids is 1. The van der Waals surface area contributed by atoms with Crippen molar-refractivity contribution in [3.05, 3.63) is 35.1 Å². The molecular formula is C16H21FO3. The van der Waals surface area contributed by atoms with Gasteiger partial charge in [0.05, 0.1) is 12.0 Å². The van der Waals surface area contributed by atoms with Crippen LogP contribution in [0.25, 0.3) is 0 Å². The van der Waals surface area contributed by atoms with E-state index < -0.39 is 17.7 Å². The lowest BCUT2D eigenvalue weighted by molar-refractivity contribution is -0.138. The van der Waals surface area contributed by atoms with Gasteiger partial charge < -0.3 is 10.2 Å². The van der Waals surface area contributed by atoms with E-state index >= 15 is 0 Å². The monoisotopic (exact) mass is 280 g/mol. The highest BCUT2D eigenvalue weighted by atomic mass is 19.1. The van der Waals surface area contributed by atoms with Crippen LogP contribution in [-0.2, 0) is 11.2 Å². The Kier molecular flexibility index (Phi) is 4.76. The Morgan fingerprint density at radius 1 is 1.40 bits per heavy atom. The Bertz CT molecular complexity index is 487. The van der Waals surface area contributed by atoms with E-state index in [0.717, 1.165) is 31.2 Å². The Balaban J connectivity index is 2.10. The SMILES string of the molecule is CC(C(=O)O)c1ccc(C[C@H]2CCCC[C@@H]2O)cc1F. The number of carbonyl (C=O) groups is 1. The molecule has 1 aromatic rings. The number of rotatable bonds is 4. The lowest BCUT2D eigenvalue weighted by Crippen LogP contribution is -2.26. The second kappa shape index (κ2) is 6.35. The predicted molar refractivity (Wildman–Crippen MR) is 74.1 cm³/mol. The summed E-state index contributed by atoms with van der Waals surface area (Å²) in [6.07, 6.45) is 4.31. The topological polar surface area (TPSA) is 57.5 Å². The summed E-state index contributed by atoms with van der Waals surface area (Å²) >= 11 is 0. The smallest absolute Gasteiger partial charge is 0.310 e. The van der Waals surface area contributed by atoms with E-state index in [2.05, 4.69) is 0 Å². The number of aliphatic carboxylic acids is 1. The molecule has 0 radical (unpaired) electrons. The molecule has 0 saturated heterocycles. The highest BCUT2D eigenvalue weighted by Crippen LogP contribution is 2.28. The fraction of sp³-hybridized carbons (Fsp3) is 0.562. The van der Waals surface area contributed by atoms with Gasteiger partial charge in [0.1, 0.15) is 5.82 Å². The van der Waals surface area contributed by atoms with E-state index in [1.807, 2.05) is 0 Å². The van der Waals surface area contributed by atoms with Gasteiger partial charge in [-0.05, 0) is 43.7 Å². The molecule has 110 valence electrons. The lowest BCUT2D eigenvalue weighted by Gasteiger charge is -2.27. The maximum atomic E-state index is 14.0. The summed E-state index contributed by atoms with van der Waals surface area (Å²) in [5.74, 6) is -2.16. The minimum atomic E-state index is -1.03. The summed E-state index contributed by atoms with van der Waals surface area (Å²) in [6, 6.07) is 4.74. The molecule has 1 aromatic carbocycles. The highest BCUT2D eigenvalue weighted by Gasteiger charge is 2.24. The van der Waals surface area contributed by atoms with Gasteiger partial charge >= 0.3 is 5.97 Å². The van der Waals surface area contributed by atoms with E-state index in [9.17, 15) is 14.3 Å². The number of halogens is 1. The number of benzene rings is 1.